The summed E-state index contributed by atoms with van der Waals surface area (Å²) in [4.78, 5) is 0. The lowest BCUT2D eigenvalue weighted by atomic mass is 10.3. The molecule has 0 saturated carbocycles. The van der Waals surface area contributed by atoms with E-state index in [0.717, 1.165) is 18.8 Å². The van der Waals surface area contributed by atoms with Gasteiger partial charge in [-0.2, -0.15) is 12.6 Å². The van der Waals surface area contributed by atoms with Crippen LogP contribution in [-0.2, 0) is 14.2 Å². The lowest BCUT2D eigenvalue weighted by Crippen LogP contribution is -2.24. The van der Waals surface area contributed by atoms with Gasteiger partial charge in [0.1, 0.15) is 0 Å². The monoisotopic (exact) mass is 236 g/mol. The van der Waals surface area contributed by atoms with Crippen LogP contribution >= 0.6 is 12.6 Å². The maximum absolute atomic E-state index is 5.56. The van der Waals surface area contributed by atoms with Crippen molar-refractivity contribution in [3.8, 4) is 0 Å². The number of thiol groups is 1. The van der Waals surface area contributed by atoms with Gasteiger partial charge in [-0.05, 0) is 13.3 Å². The molecule has 0 aliphatic carbocycles. The smallest absolute Gasteiger partial charge is 0.180 e. The topological polar surface area (TPSA) is 27.7 Å². The van der Waals surface area contributed by atoms with Gasteiger partial charge in [0, 0.05) is 19.0 Å². The normalized spacial score (nSPS) is 13.0. The van der Waals surface area contributed by atoms with Gasteiger partial charge < -0.3 is 14.2 Å². The van der Waals surface area contributed by atoms with E-state index in [4.69, 9.17) is 14.2 Å². The fourth-order valence-electron chi connectivity index (χ4n) is 1.14. The Hall–Kier alpha value is 0.230. The highest BCUT2D eigenvalue weighted by atomic mass is 32.1. The first-order valence-corrected chi connectivity index (χ1v) is 6.40. The van der Waals surface area contributed by atoms with E-state index in [9.17, 15) is 0 Å². The molecule has 0 aromatic heterocycles. The standard InChI is InChI=1S/C11H24O3S/c1-3-5-6-7-14-11(13-4-2)10-12-8-9-15/h11,15H,3-10H2,1-2H3. The summed E-state index contributed by atoms with van der Waals surface area (Å²) in [5, 5.41) is 0. The molecule has 0 bridgehead atoms. The van der Waals surface area contributed by atoms with Crippen LogP contribution in [0, 0.1) is 0 Å². The molecular formula is C11H24O3S. The summed E-state index contributed by atoms with van der Waals surface area (Å²) in [5.74, 6) is 0.731. The minimum Gasteiger partial charge on any atom is -0.375 e. The SMILES string of the molecule is CCCCCOC(COCCS)OCC. The Morgan fingerprint density at radius 1 is 1.07 bits per heavy atom. The summed E-state index contributed by atoms with van der Waals surface area (Å²) in [7, 11) is 0. The zero-order chi connectivity index (χ0) is 11.4. The largest absolute Gasteiger partial charge is 0.375 e. The van der Waals surface area contributed by atoms with Crippen molar-refractivity contribution in [1.29, 1.82) is 0 Å². The number of hydrogen-bond acceptors (Lipinski definition) is 4. The van der Waals surface area contributed by atoms with Crippen LogP contribution in [0.25, 0.3) is 0 Å². The van der Waals surface area contributed by atoms with E-state index < -0.39 is 0 Å². The molecule has 1 atom stereocenters. The molecule has 0 aliphatic heterocycles. The van der Waals surface area contributed by atoms with E-state index in [0.29, 0.717) is 19.8 Å². The van der Waals surface area contributed by atoms with Gasteiger partial charge in [-0.25, -0.2) is 0 Å². The Kier molecular flexibility index (Phi) is 12.5. The predicted molar refractivity (Wildman–Crippen MR) is 65.6 cm³/mol. The molecule has 0 rings (SSSR count). The first kappa shape index (κ1) is 15.2. The van der Waals surface area contributed by atoms with Crippen molar-refractivity contribution < 1.29 is 14.2 Å². The summed E-state index contributed by atoms with van der Waals surface area (Å²) >= 11 is 4.07. The zero-order valence-electron chi connectivity index (χ0n) is 9.91. The van der Waals surface area contributed by atoms with Crippen molar-refractivity contribution >= 4 is 12.6 Å². The minimum atomic E-state index is -0.216. The molecule has 3 nitrogen and oxygen atoms in total. The predicted octanol–water partition coefficient (Wildman–Crippen LogP) is 2.50. The molecule has 1 unspecified atom stereocenters. The number of hydrogen-bond donors (Lipinski definition) is 1. The van der Waals surface area contributed by atoms with Crippen LogP contribution in [0.4, 0.5) is 0 Å². The van der Waals surface area contributed by atoms with Crippen molar-refractivity contribution in [2.24, 2.45) is 0 Å². The van der Waals surface area contributed by atoms with Crippen LogP contribution in [0.5, 0.6) is 0 Å². The Morgan fingerprint density at radius 2 is 1.87 bits per heavy atom. The summed E-state index contributed by atoms with van der Waals surface area (Å²) in [6.45, 7) is 6.69. The Balaban J connectivity index is 3.44. The fraction of sp³-hybridized carbons (Fsp3) is 1.00. The number of ether oxygens (including phenoxy) is 3. The van der Waals surface area contributed by atoms with Crippen molar-refractivity contribution in [1.82, 2.24) is 0 Å². The second kappa shape index (κ2) is 12.3. The van der Waals surface area contributed by atoms with Crippen LogP contribution < -0.4 is 0 Å². The van der Waals surface area contributed by atoms with Crippen LogP contribution in [0.1, 0.15) is 33.1 Å². The van der Waals surface area contributed by atoms with E-state index >= 15 is 0 Å². The molecule has 0 heterocycles. The number of unbranched alkanes of at least 4 members (excludes halogenated alkanes) is 2. The van der Waals surface area contributed by atoms with Gasteiger partial charge in [0.05, 0.1) is 13.2 Å². The lowest BCUT2D eigenvalue weighted by Gasteiger charge is -2.17. The average Bonchev–Trinajstić information content (AvgIpc) is 2.24. The number of rotatable bonds is 11. The second-order valence-corrected chi connectivity index (χ2v) is 3.71. The fourth-order valence-corrected chi connectivity index (χ4v) is 1.27. The second-order valence-electron chi connectivity index (χ2n) is 3.26. The third-order valence-electron chi connectivity index (χ3n) is 1.89. The minimum absolute atomic E-state index is 0.216. The highest BCUT2D eigenvalue weighted by Gasteiger charge is 2.07. The van der Waals surface area contributed by atoms with Crippen LogP contribution in [0.3, 0.4) is 0 Å². The van der Waals surface area contributed by atoms with E-state index in [2.05, 4.69) is 19.6 Å². The van der Waals surface area contributed by atoms with Gasteiger partial charge in [-0.15, -0.1) is 0 Å². The summed E-state index contributed by atoms with van der Waals surface area (Å²) in [6.07, 6.45) is 3.29. The van der Waals surface area contributed by atoms with Crippen molar-refractivity contribution in [3.05, 3.63) is 0 Å². The molecule has 0 N–H and O–H groups in total. The molecular weight excluding hydrogens is 212 g/mol. The van der Waals surface area contributed by atoms with E-state index in [1.807, 2.05) is 6.92 Å². The van der Waals surface area contributed by atoms with Crippen molar-refractivity contribution in [2.75, 3.05) is 32.2 Å². The molecule has 4 heteroatoms. The summed E-state index contributed by atoms with van der Waals surface area (Å²) < 4.78 is 16.3. The lowest BCUT2D eigenvalue weighted by molar-refractivity contribution is -0.169. The van der Waals surface area contributed by atoms with E-state index in [-0.39, 0.29) is 6.29 Å². The zero-order valence-corrected chi connectivity index (χ0v) is 10.8. The molecule has 0 aromatic carbocycles. The molecule has 92 valence electrons. The molecule has 0 radical (unpaired) electrons. The van der Waals surface area contributed by atoms with Crippen LogP contribution in [0.2, 0.25) is 0 Å². The van der Waals surface area contributed by atoms with Crippen molar-refractivity contribution in [2.45, 2.75) is 39.4 Å². The van der Waals surface area contributed by atoms with Gasteiger partial charge in [-0.3, -0.25) is 0 Å². The molecule has 0 spiro atoms. The van der Waals surface area contributed by atoms with Crippen molar-refractivity contribution in [3.63, 3.8) is 0 Å². The molecule has 0 amide bonds. The van der Waals surface area contributed by atoms with Gasteiger partial charge in [0.25, 0.3) is 0 Å². The summed E-state index contributed by atoms with van der Waals surface area (Å²) in [6, 6.07) is 0. The Labute approximate surface area is 98.9 Å². The average molecular weight is 236 g/mol. The van der Waals surface area contributed by atoms with Crippen LogP contribution in [0.15, 0.2) is 0 Å². The Morgan fingerprint density at radius 3 is 2.47 bits per heavy atom. The first-order chi connectivity index (χ1) is 7.35. The van der Waals surface area contributed by atoms with Gasteiger partial charge >= 0.3 is 0 Å². The third-order valence-corrected chi connectivity index (χ3v) is 2.08. The quantitative estimate of drug-likeness (QED) is 0.339. The Bertz CT molecular complexity index is 122. The van der Waals surface area contributed by atoms with Crippen LogP contribution in [-0.4, -0.2) is 38.5 Å². The highest BCUT2D eigenvalue weighted by molar-refractivity contribution is 7.80. The van der Waals surface area contributed by atoms with E-state index in [1.165, 1.54) is 12.8 Å². The molecule has 0 aliphatic rings. The maximum Gasteiger partial charge on any atom is 0.180 e. The van der Waals surface area contributed by atoms with E-state index in [1.54, 1.807) is 0 Å². The molecule has 15 heavy (non-hydrogen) atoms. The summed E-state index contributed by atoms with van der Waals surface area (Å²) in [5.41, 5.74) is 0. The van der Waals surface area contributed by atoms with Gasteiger partial charge in [-0.1, -0.05) is 19.8 Å². The van der Waals surface area contributed by atoms with Gasteiger partial charge in [0.2, 0.25) is 0 Å². The first-order valence-electron chi connectivity index (χ1n) is 5.76. The molecule has 0 fully saturated rings. The third kappa shape index (κ3) is 10.5. The maximum atomic E-state index is 5.56. The molecule has 0 saturated heterocycles. The highest BCUT2D eigenvalue weighted by Crippen LogP contribution is 2.01. The van der Waals surface area contributed by atoms with Gasteiger partial charge in [0.15, 0.2) is 6.29 Å². The molecule has 0 aromatic rings.